The van der Waals surface area contributed by atoms with Crippen LogP contribution < -0.4 is 5.84 Å². The van der Waals surface area contributed by atoms with Crippen molar-refractivity contribution < 1.29 is 5.11 Å². The van der Waals surface area contributed by atoms with Gasteiger partial charge in [0.2, 0.25) is 0 Å². The van der Waals surface area contributed by atoms with Crippen molar-refractivity contribution in [2.24, 2.45) is 10.9 Å². The van der Waals surface area contributed by atoms with Crippen LogP contribution in [0.2, 0.25) is 0 Å². The highest BCUT2D eigenvalue weighted by atomic mass is 16.2. The van der Waals surface area contributed by atoms with Gasteiger partial charge in [0.1, 0.15) is 0 Å². The SMILES string of the molecule is NN=Cc1ccc(CCO)cc1. The third-order valence-corrected chi connectivity index (χ3v) is 1.60. The quantitative estimate of drug-likeness (QED) is 0.388. The van der Waals surface area contributed by atoms with E-state index in [0.717, 1.165) is 11.1 Å². The Bertz CT molecular complexity index is 254. The third-order valence-electron chi connectivity index (χ3n) is 1.60. The smallest absolute Gasteiger partial charge is 0.0538 e. The second-order valence-corrected chi connectivity index (χ2v) is 2.49. The Morgan fingerprint density at radius 3 is 2.50 bits per heavy atom. The summed E-state index contributed by atoms with van der Waals surface area (Å²) in [6.07, 6.45) is 2.28. The molecule has 0 aromatic heterocycles. The highest BCUT2D eigenvalue weighted by molar-refractivity contribution is 5.79. The van der Waals surface area contributed by atoms with Crippen molar-refractivity contribution in [1.29, 1.82) is 0 Å². The summed E-state index contributed by atoms with van der Waals surface area (Å²) in [7, 11) is 0. The summed E-state index contributed by atoms with van der Waals surface area (Å²) >= 11 is 0. The summed E-state index contributed by atoms with van der Waals surface area (Å²) in [4.78, 5) is 0. The van der Waals surface area contributed by atoms with Gasteiger partial charge in [-0.1, -0.05) is 24.3 Å². The predicted octanol–water partition coefficient (Wildman–Crippen LogP) is 0.514. The first-order valence-corrected chi connectivity index (χ1v) is 3.80. The largest absolute Gasteiger partial charge is 0.396 e. The lowest BCUT2D eigenvalue weighted by atomic mass is 10.1. The van der Waals surface area contributed by atoms with Gasteiger partial charge >= 0.3 is 0 Å². The molecule has 64 valence electrons. The van der Waals surface area contributed by atoms with Crippen molar-refractivity contribution >= 4 is 6.21 Å². The number of aliphatic hydroxyl groups excluding tert-OH is 1. The summed E-state index contributed by atoms with van der Waals surface area (Å²) in [6, 6.07) is 7.74. The van der Waals surface area contributed by atoms with E-state index < -0.39 is 0 Å². The molecule has 3 N–H and O–H groups in total. The number of rotatable bonds is 3. The van der Waals surface area contributed by atoms with Gasteiger partial charge in [-0.25, -0.2) is 0 Å². The zero-order chi connectivity index (χ0) is 8.81. The van der Waals surface area contributed by atoms with Gasteiger partial charge < -0.3 is 10.9 Å². The maximum Gasteiger partial charge on any atom is 0.0538 e. The number of nitrogens with zero attached hydrogens (tertiary/aromatic N) is 1. The number of benzene rings is 1. The van der Waals surface area contributed by atoms with E-state index >= 15 is 0 Å². The molecule has 0 saturated carbocycles. The van der Waals surface area contributed by atoms with Gasteiger partial charge in [-0.2, -0.15) is 5.10 Å². The van der Waals surface area contributed by atoms with E-state index in [4.69, 9.17) is 10.9 Å². The van der Waals surface area contributed by atoms with E-state index in [-0.39, 0.29) is 6.61 Å². The van der Waals surface area contributed by atoms with Crippen LogP contribution in [0.1, 0.15) is 11.1 Å². The highest BCUT2D eigenvalue weighted by Gasteiger charge is 1.90. The molecule has 0 spiro atoms. The Morgan fingerprint density at radius 1 is 1.33 bits per heavy atom. The molecule has 0 radical (unpaired) electrons. The lowest BCUT2D eigenvalue weighted by Crippen LogP contribution is -1.91. The fourth-order valence-corrected chi connectivity index (χ4v) is 0.986. The fourth-order valence-electron chi connectivity index (χ4n) is 0.986. The number of hydrogen-bond acceptors (Lipinski definition) is 3. The minimum absolute atomic E-state index is 0.185. The number of aliphatic hydroxyl groups is 1. The second-order valence-electron chi connectivity index (χ2n) is 2.49. The zero-order valence-electron chi connectivity index (χ0n) is 6.77. The topological polar surface area (TPSA) is 58.6 Å². The van der Waals surface area contributed by atoms with Crippen molar-refractivity contribution in [2.45, 2.75) is 6.42 Å². The van der Waals surface area contributed by atoms with Crippen LogP contribution in [0.25, 0.3) is 0 Å². The van der Waals surface area contributed by atoms with Crippen molar-refractivity contribution in [2.75, 3.05) is 6.61 Å². The Morgan fingerprint density at radius 2 is 2.00 bits per heavy atom. The average Bonchev–Trinajstić information content (AvgIpc) is 2.09. The molecular weight excluding hydrogens is 152 g/mol. The molecule has 3 nitrogen and oxygen atoms in total. The van der Waals surface area contributed by atoms with Crippen LogP contribution in [0.4, 0.5) is 0 Å². The summed E-state index contributed by atoms with van der Waals surface area (Å²) in [5.41, 5.74) is 2.09. The van der Waals surface area contributed by atoms with Crippen molar-refractivity contribution in [3.8, 4) is 0 Å². The second kappa shape index (κ2) is 4.51. The Labute approximate surface area is 71.5 Å². The predicted molar refractivity (Wildman–Crippen MR) is 49.0 cm³/mol. The minimum Gasteiger partial charge on any atom is -0.396 e. The van der Waals surface area contributed by atoms with E-state index in [2.05, 4.69) is 5.10 Å². The molecule has 0 saturated heterocycles. The van der Waals surface area contributed by atoms with Crippen LogP contribution >= 0.6 is 0 Å². The zero-order valence-corrected chi connectivity index (χ0v) is 6.77. The summed E-state index contributed by atoms with van der Waals surface area (Å²) in [5, 5.41) is 12.1. The third kappa shape index (κ3) is 2.36. The maximum atomic E-state index is 8.65. The van der Waals surface area contributed by atoms with Gasteiger partial charge in [-0.15, -0.1) is 0 Å². The molecule has 0 aliphatic rings. The molecule has 0 unspecified atom stereocenters. The standard InChI is InChI=1S/C9H12N2O/c10-11-7-9-3-1-8(2-4-9)5-6-12/h1-4,7,12H,5-6,10H2. The monoisotopic (exact) mass is 164 g/mol. The van der Waals surface area contributed by atoms with E-state index in [1.807, 2.05) is 24.3 Å². The average molecular weight is 164 g/mol. The Hall–Kier alpha value is -1.35. The molecule has 1 aromatic carbocycles. The van der Waals surface area contributed by atoms with Crippen molar-refractivity contribution in [1.82, 2.24) is 0 Å². The molecule has 1 rings (SSSR count). The van der Waals surface area contributed by atoms with Crippen molar-refractivity contribution in [3.05, 3.63) is 35.4 Å². The van der Waals surface area contributed by atoms with Gasteiger partial charge in [-0.05, 0) is 17.5 Å². The molecule has 0 fully saturated rings. The number of hydrogen-bond donors (Lipinski definition) is 2. The van der Waals surface area contributed by atoms with E-state index in [1.165, 1.54) is 0 Å². The van der Waals surface area contributed by atoms with Crippen LogP contribution in [-0.4, -0.2) is 17.9 Å². The molecule has 3 heteroatoms. The van der Waals surface area contributed by atoms with Gasteiger partial charge in [0, 0.05) is 6.61 Å². The van der Waals surface area contributed by atoms with Crippen LogP contribution in [-0.2, 0) is 6.42 Å². The summed E-state index contributed by atoms with van der Waals surface area (Å²) < 4.78 is 0. The normalized spacial score (nSPS) is 10.8. The van der Waals surface area contributed by atoms with Crippen LogP contribution in [0.5, 0.6) is 0 Å². The molecule has 0 aliphatic heterocycles. The molecule has 1 aromatic rings. The Kier molecular flexibility index (Phi) is 3.29. The molecule has 0 bridgehead atoms. The molecule has 12 heavy (non-hydrogen) atoms. The minimum atomic E-state index is 0.185. The van der Waals surface area contributed by atoms with E-state index in [1.54, 1.807) is 6.21 Å². The summed E-state index contributed by atoms with van der Waals surface area (Å²) in [5.74, 6) is 4.99. The molecular formula is C9H12N2O. The molecule has 0 heterocycles. The van der Waals surface area contributed by atoms with Gasteiger partial charge in [0.25, 0.3) is 0 Å². The Balaban J connectivity index is 2.71. The van der Waals surface area contributed by atoms with Crippen LogP contribution in [0.3, 0.4) is 0 Å². The van der Waals surface area contributed by atoms with Gasteiger partial charge in [0.15, 0.2) is 0 Å². The fraction of sp³-hybridized carbons (Fsp3) is 0.222. The van der Waals surface area contributed by atoms with Crippen LogP contribution in [0, 0.1) is 0 Å². The van der Waals surface area contributed by atoms with Crippen LogP contribution in [0.15, 0.2) is 29.4 Å². The maximum absolute atomic E-state index is 8.65. The summed E-state index contributed by atoms with van der Waals surface area (Å²) in [6.45, 7) is 0.185. The first-order valence-electron chi connectivity index (χ1n) is 3.80. The lowest BCUT2D eigenvalue weighted by Gasteiger charge is -1.97. The molecule has 0 amide bonds. The van der Waals surface area contributed by atoms with Gasteiger partial charge in [-0.3, -0.25) is 0 Å². The van der Waals surface area contributed by atoms with Crippen molar-refractivity contribution in [3.63, 3.8) is 0 Å². The van der Waals surface area contributed by atoms with Gasteiger partial charge in [0.05, 0.1) is 6.21 Å². The number of nitrogens with two attached hydrogens (primary N) is 1. The molecule has 0 atom stereocenters. The highest BCUT2D eigenvalue weighted by Crippen LogP contribution is 2.02. The first-order chi connectivity index (χ1) is 5.86. The number of hydrazone groups is 1. The van der Waals surface area contributed by atoms with E-state index in [0.29, 0.717) is 6.42 Å². The van der Waals surface area contributed by atoms with E-state index in [9.17, 15) is 0 Å². The molecule has 0 aliphatic carbocycles. The first kappa shape index (κ1) is 8.74. The lowest BCUT2D eigenvalue weighted by molar-refractivity contribution is 0.299.